The number of amides is 1. The number of nitrogens with zero attached hydrogens (tertiary/aromatic N) is 4. The van der Waals surface area contributed by atoms with Gasteiger partial charge in [-0.1, -0.05) is 30.0 Å². The summed E-state index contributed by atoms with van der Waals surface area (Å²) < 4.78 is 0.919. The van der Waals surface area contributed by atoms with Crippen molar-refractivity contribution < 1.29 is 4.79 Å². The predicted octanol–water partition coefficient (Wildman–Crippen LogP) is 1.19. The maximum atomic E-state index is 12.6. The Morgan fingerprint density at radius 2 is 1.96 bits per heavy atom. The summed E-state index contributed by atoms with van der Waals surface area (Å²) >= 11 is 1.09. The lowest BCUT2D eigenvalue weighted by Crippen LogP contribution is -2.38. The van der Waals surface area contributed by atoms with Crippen molar-refractivity contribution in [3.05, 3.63) is 46.4 Å². The van der Waals surface area contributed by atoms with Crippen LogP contribution < -0.4 is 16.3 Å². The Kier molecular flexibility index (Phi) is 5.38. The molecule has 1 aromatic carbocycles. The van der Waals surface area contributed by atoms with E-state index in [1.165, 1.54) is 6.92 Å². The van der Waals surface area contributed by atoms with Crippen LogP contribution in [0.2, 0.25) is 0 Å². The molecule has 2 rings (SSSR count). The third-order valence-corrected chi connectivity index (χ3v) is 4.09. The molecule has 122 valence electrons. The number of hydrogen-bond donors (Lipinski definition) is 1. The lowest BCUT2D eigenvalue weighted by molar-refractivity contribution is -0.116. The van der Waals surface area contributed by atoms with Crippen molar-refractivity contribution in [2.75, 3.05) is 16.5 Å². The van der Waals surface area contributed by atoms with Gasteiger partial charge in [0.2, 0.25) is 11.1 Å². The SMILES string of the molecule is Cc1nnc(SCC(=O)N(c2ccccc2)C(C)C)n(N)c1=O. The molecule has 1 amide bonds. The van der Waals surface area contributed by atoms with Gasteiger partial charge in [-0.25, -0.2) is 0 Å². The van der Waals surface area contributed by atoms with Crippen LogP contribution >= 0.6 is 11.8 Å². The van der Waals surface area contributed by atoms with Crippen molar-refractivity contribution in [3.8, 4) is 0 Å². The minimum atomic E-state index is -0.418. The molecule has 7 nitrogen and oxygen atoms in total. The number of rotatable bonds is 5. The molecule has 0 saturated heterocycles. The number of aromatic nitrogens is 3. The summed E-state index contributed by atoms with van der Waals surface area (Å²) in [7, 11) is 0. The van der Waals surface area contributed by atoms with Crippen molar-refractivity contribution >= 4 is 23.4 Å². The number of carbonyl (C=O) groups excluding carboxylic acids is 1. The molecule has 23 heavy (non-hydrogen) atoms. The molecule has 0 bridgehead atoms. The minimum Gasteiger partial charge on any atom is -0.334 e. The van der Waals surface area contributed by atoms with Crippen LogP contribution in [-0.4, -0.2) is 32.6 Å². The van der Waals surface area contributed by atoms with Gasteiger partial charge in [-0.15, -0.1) is 10.2 Å². The Hall–Kier alpha value is -2.35. The smallest absolute Gasteiger partial charge is 0.294 e. The Morgan fingerprint density at radius 1 is 1.30 bits per heavy atom. The van der Waals surface area contributed by atoms with Gasteiger partial charge in [-0.2, -0.15) is 4.68 Å². The number of thioether (sulfide) groups is 1. The molecule has 2 aromatic rings. The molecular weight excluding hydrogens is 314 g/mol. The van der Waals surface area contributed by atoms with E-state index in [-0.39, 0.29) is 28.6 Å². The van der Waals surface area contributed by atoms with Crippen LogP contribution in [0.1, 0.15) is 19.5 Å². The average molecular weight is 333 g/mol. The van der Waals surface area contributed by atoms with Crippen molar-refractivity contribution in [1.82, 2.24) is 14.9 Å². The van der Waals surface area contributed by atoms with Crippen LogP contribution in [0.4, 0.5) is 5.69 Å². The zero-order valence-corrected chi connectivity index (χ0v) is 14.1. The number of aryl methyl sites for hydroxylation is 1. The molecule has 0 aliphatic rings. The summed E-state index contributed by atoms with van der Waals surface area (Å²) in [5.41, 5.74) is 0.628. The van der Waals surface area contributed by atoms with Crippen LogP contribution in [0.15, 0.2) is 40.3 Å². The van der Waals surface area contributed by atoms with Crippen LogP contribution in [0, 0.1) is 6.92 Å². The average Bonchev–Trinajstić information content (AvgIpc) is 2.53. The molecule has 8 heteroatoms. The highest BCUT2D eigenvalue weighted by Gasteiger charge is 2.20. The fourth-order valence-electron chi connectivity index (χ4n) is 2.08. The maximum absolute atomic E-state index is 12.6. The maximum Gasteiger partial charge on any atom is 0.294 e. The Labute approximate surface area is 138 Å². The normalized spacial score (nSPS) is 10.8. The molecule has 0 aliphatic carbocycles. The number of benzene rings is 1. The van der Waals surface area contributed by atoms with E-state index in [2.05, 4.69) is 10.2 Å². The largest absolute Gasteiger partial charge is 0.334 e. The predicted molar refractivity (Wildman–Crippen MR) is 91.0 cm³/mol. The topological polar surface area (TPSA) is 94.1 Å². The summed E-state index contributed by atoms with van der Waals surface area (Å²) in [4.78, 5) is 26.0. The first-order valence-electron chi connectivity index (χ1n) is 7.13. The molecule has 1 aromatic heterocycles. The molecule has 0 radical (unpaired) electrons. The summed E-state index contributed by atoms with van der Waals surface area (Å²) in [6.07, 6.45) is 0. The van der Waals surface area contributed by atoms with Gasteiger partial charge in [0.05, 0.1) is 5.75 Å². The number of carbonyl (C=O) groups is 1. The van der Waals surface area contributed by atoms with E-state index in [1.54, 1.807) is 4.90 Å². The Morgan fingerprint density at radius 3 is 2.57 bits per heavy atom. The fraction of sp³-hybridized carbons (Fsp3) is 0.333. The van der Waals surface area contributed by atoms with Crippen molar-refractivity contribution in [2.45, 2.75) is 32.0 Å². The number of hydrogen-bond acceptors (Lipinski definition) is 6. The third kappa shape index (κ3) is 3.89. The quantitative estimate of drug-likeness (QED) is 0.652. The number of anilines is 1. The number of para-hydroxylation sites is 1. The molecule has 0 aliphatic heterocycles. The highest BCUT2D eigenvalue weighted by atomic mass is 32.2. The minimum absolute atomic E-state index is 0.00896. The van der Waals surface area contributed by atoms with E-state index in [0.717, 1.165) is 22.1 Å². The summed E-state index contributed by atoms with van der Waals surface area (Å²) in [6.45, 7) is 5.43. The zero-order chi connectivity index (χ0) is 17.0. The Bertz CT molecular complexity index is 745. The molecule has 2 N–H and O–H groups in total. The van der Waals surface area contributed by atoms with Gasteiger partial charge in [-0.05, 0) is 32.9 Å². The summed E-state index contributed by atoms with van der Waals surface area (Å²) in [6, 6.07) is 9.44. The molecule has 0 spiro atoms. The standard InChI is InChI=1S/C15H19N5O2S/c1-10(2)19(12-7-5-4-6-8-12)13(21)9-23-15-18-17-11(3)14(22)20(15)16/h4-8,10H,9,16H2,1-3H3. The summed E-state index contributed by atoms with van der Waals surface area (Å²) in [5.74, 6) is 5.69. The van der Waals surface area contributed by atoms with Gasteiger partial charge >= 0.3 is 0 Å². The van der Waals surface area contributed by atoms with Crippen molar-refractivity contribution in [1.29, 1.82) is 0 Å². The molecule has 0 unspecified atom stereocenters. The van der Waals surface area contributed by atoms with Crippen LogP contribution in [-0.2, 0) is 4.79 Å². The highest BCUT2D eigenvalue weighted by molar-refractivity contribution is 7.99. The van der Waals surface area contributed by atoms with E-state index in [0.29, 0.717) is 0 Å². The molecule has 1 heterocycles. The second-order valence-electron chi connectivity index (χ2n) is 5.22. The highest BCUT2D eigenvalue weighted by Crippen LogP contribution is 2.20. The first-order chi connectivity index (χ1) is 10.9. The van der Waals surface area contributed by atoms with E-state index in [9.17, 15) is 9.59 Å². The van der Waals surface area contributed by atoms with Crippen molar-refractivity contribution in [3.63, 3.8) is 0 Å². The first kappa shape index (κ1) is 17.0. The first-order valence-corrected chi connectivity index (χ1v) is 8.11. The Balaban J connectivity index is 2.15. The lowest BCUT2D eigenvalue weighted by Gasteiger charge is -2.26. The number of nitrogens with two attached hydrogens (primary N) is 1. The second-order valence-corrected chi connectivity index (χ2v) is 6.17. The fourth-order valence-corrected chi connectivity index (χ4v) is 2.80. The van der Waals surface area contributed by atoms with Crippen LogP contribution in [0.25, 0.3) is 0 Å². The van der Waals surface area contributed by atoms with E-state index < -0.39 is 5.56 Å². The van der Waals surface area contributed by atoms with Gasteiger partial charge in [0.1, 0.15) is 5.69 Å². The zero-order valence-electron chi connectivity index (χ0n) is 13.3. The van der Waals surface area contributed by atoms with Gasteiger partial charge in [0, 0.05) is 11.7 Å². The van der Waals surface area contributed by atoms with E-state index >= 15 is 0 Å². The van der Waals surface area contributed by atoms with Crippen molar-refractivity contribution in [2.24, 2.45) is 0 Å². The van der Waals surface area contributed by atoms with E-state index in [4.69, 9.17) is 5.84 Å². The number of nitrogen functional groups attached to an aromatic ring is 1. The van der Waals surface area contributed by atoms with E-state index in [1.807, 2.05) is 44.2 Å². The van der Waals surface area contributed by atoms with Gasteiger partial charge in [0.25, 0.3) is 5.56 Å². The summed E-state index contributed by atoms with van der Waals surface area (Å²) in [5, 5.41) is 7.83. The molecular formula is C15H19N5O2S. The van der Waals surface area contributed by atoms with Gasteiger partial charge < -0.3 is 10.7 Å². The third-order valence-electron chi connectivity index (χ3n) is 3.16. The molecule has 0 fully saturated rings. The van der Waals surface area contributed by atoms with Gasteiger partial charge in [0.15, 0.2) is 0 Å². The monoisotopic (exact) mass is 333 g/mol. The molecule has 0 atom stereocenters. The van der Waals surface area contributed by atoms with Crippen LogP contribution in [0.5, 0.6) is 0 Å². The lowest BCUT2D eigenvalue weighted by atomic mass is 10.2. The second kappa shape index (κ2) is 7.28. The van der Waals surface area contributed by atoms with Crippen LogP contribution in [0.3, 0.4) is 0 Å². The molecule has 0 saturated carbocycles. The van der Waals surface area contributed by atoms with Gasteiger partial charge in [-0.3, -0.25) is 9.59 Å².